The summed E-state index contributed by atoms with van der Waals surface area (Å²) in [6.07, 6.45) is 0.639. The lowest BCUT2D eigenvalue weighted by Crippen LogP contribution is -2.18. The van der Waals surface area contributed by atoms with Crippen molar-refractivity contribution in [2.75, 3.05) is 11.5 Å². The molecule has 1 fully saturated rings. The van der Waals surface area contributed by atoms with Crippen molar-refractivity contribution in [1.82, 2.24) is 0 Å². The first-order valence-corrected chi connectivity index (χ1v) is 5.96. The van der Waals surface area contributed by atoms with E-state index in [2.05, 4.69) is 0 Å². The minimum Gasteiger partial charge on any atom is -0.326 e. The number of thioether (sulfide) groups is 1. The third kappa shape index (κ3) is 1.79. The van der Waals surface area contributed by atoms with Gasteiger partial charge in [0.1, 0.15) is 5.67 Å². The van der Waals surface area contributed by atoms with Crippen molar-refractivity contribution in [3.63, 3.8) is 0 Å². The van der Waals surface area contributed by atoms with Crippen molar-refractivity contribution in [1.29, 1.82) is 0 Å². The standard InChI is InChI=1S/C11H14FNS/c12-11(5-6-14-8-11)10-3-1-9(7-13)2-4-10/h1-4H,5-8,13H2. The molecule has 0 spiro atoms. The monoisotopic (exact) mass is 211 g/mol. The zero-order valence-electron chi connectivity index (χ0n) is 8.00. The highest BCUT2D eigenvalue weighted by Crippen LogP contribution is 2.40. The van der Waals surface area contributed by atoms with Crippen molar-refractivity contribution in [2.45, 2.75) is 18.6 Å². The third-order valence-electron chi connectivity index (χ3n) is 2.68. The van der Waals surface area contributed by atoms with Crippen LogP contribution in [0.2, 0.25) is 0 Å². The predicted octanol–water partition coefficient (Wildman–Crippen LogP) is 2.45. The van der Waals surface area contributed by atoms with Crippen LogP contribution in [0.1, 0.15) is 17.5 Å². The van der Waals surface area contributed by atoms with E-state index in [1.54, 1.807) is 11.8 Å². The van der Waals surface area contributed by atoms with E-state index in [4.69, 9.17) is 5.73 Å². The lowest BCUT2D eigenvalue weighted by Gasteiger charge is -2.18. The Morgan fingerprint density at radius 1 is 1.36 bits per heavy atom. The molecule has 0 aromatic heterocycles. The van der Waals surface area contributed by atoms with Gasteiger partial charge in [0.2, 0.25) is 0 Å². The molecule has 0 amide bonds. The summed E-state index contributed by atoms with van der Waals surface area (Å²) >= 11 is 1.69. The molecule has 1 atom stereocenters. The molecule has 0 radical (unpaired) electrons. The number of hydrogen-bond donors (Lipinski definition) is 1. The molecule has 0 bridgehead atoms. The van der Waals surface area contributed by atoms with E-state index in [1.165, 1.54) is 0 Å². The third-order valence-corrected chi connectivity index (χ3v) is 3.84. The lowest BCUT2D eigenvalue weighted by atomic mass is 9.94. The van der Waals surface area contributed by atoms with Gasteiger partial charge in [-0.2, -0.15) is 11.8 Å². The molecule has 1 aromatic carbocycles. The van der Waals surface area contributed by atoms with Crippen LogP contribution in [0.5, 0.6) is 0 Å². The summed E-state index contributed by atoms with van der Waals surface area (Å²) in [5.74, 6) is 1.52. The molecule has 0 aliphatic carbocycles. The highest BCUT2D eigenvalue weighted by molar-refractivity contribution is 7.99. The SMILES string of the molecule is NCc1ccc(C2(F)CCSC2)cc1. The lowest BCUT2D eigenvalue weighted by molar-refractivity contribution is 0.202. The fraction of sp³-hybridized carbons (Fsp3) is 0.455. The average molecular weight is 211 g/mol. The van der Waals surface area contributed by atoms with Gasteiger partial charge in [0.25, 0.3) is 0 Å². The molecular weight excluding hydrogens is 197 g/mol. The van der Waals surface area contributed by atoms with Crippen LogP contribution >= 0.6 is 11.8 Å². The van der Waals surface area contributed by atoms with Crippen molar-refractivity contribution in [3.8, 4) is 0 Å². The van der Waals surface area contributed by atoms with E-state index in [-0.39, 0.29) is 0 Å². The van der Waals surface area contributed by atoms with Gasteiger partial charge in [-0.05, 0) is 23.3 Å². The number of hydrogen-bond acceptors (Lipinski definition) is 2. The second-order valence-corrected chi connectivity index (χ2v) is 4.77. The summed E-state index contributed by atoms with van der Waals surface area (Å²) in [5, 5.41) is 0. The number of halogens is 1. The smallest absolute Gasteiger partial charge is 0.145 e. The number of alkyl halides is 1. The molecule has 1 heterocycles. The van der Waals surface area contributed by atoms with Crippen LogP contribution in [0.3, 0.4) is 0 Å². The van der Waals surface area contributed by atoms with Gasteiger partial charge in [0, 0.05) is 12.3 Å². The Labute approximate surface area is 87.9 Å². The van der Waals surface area contributed by atoms with E-state index in [1.807, 2.05) is 24.3 Å². The Morgan fingerprint density at radius 3 is 2.57 bits per heavy atom. The van der Waals surface area contributed by atoms with E-state index in [0.29, 0.717) is 18.7 Å². The summed E-state index contributed by atoms with van der Waals surface area (Å²) in [5.41, 5.74) is 6.25. The summed E-state index contributed by atoms with van der Waals surface area (Å²) in [7, 11) is 0. The zero-order valence-corrected chi connectivity index (χ0v) is 8.82. The largest absolute Gasteiger partial charge is 0.326 e. The molecule has 1 saturated heterocycles. The molecule has 76 valence electrons. The average Bonchev–Trinajstić information content (AvgIpc) is 2.67. The van der Waals surface area contributed by atoms with Crippen LogP contribution in [0.15, 0.2) is 24.3 Å². The van der Waals surface area contributed by atoms with Gasteiger partial charge in [-0.3, -0.25) is 0 Å². The zero-order chi connectivity index (χ0) is 10.0. The van der Waals surface area contributed by atoms with Crippen molar-refractivity contribution >= 4 is 11.8 Å². The fourth-order valence-electron chi connectivity index (χ4n) is 1.71. The fourth-order valence-corrected chi connectivity index (χ4v) is 2.95. The first-order valence-electron chi connectivity index (χ1n) is 4.81. The molecule has 14 heavy (non-hydrogen) atoms. The van der Waals surface area contributed by atoms with Crippen LogP contribution in [0, 0.1) is 0 Å². The van der Waals surface area contributed by atoms with Gasteiger partial charge in [0.05, 0.1) is 0 Å². The Kier molecular flexibility index (Phi) is 2.79. The van der Waals surface area contributed by atoms with Crippen LogP contribution in [0.4, 0.5) is 4.39 Å². The Hall–Kier alpha value is -0.540. The molecule has 1 aliphatic rings. The highest BCUT2D eigenvalue weighted by atomic mass is 32.2. The number of benzene rings is 1. The van der Waals surface area contributed by atoms with Crippen LogP contribution < -0.4 is 5.73 Å². The molecular formula is C11H14FNS. The predicted molar refractivity (Wildman–Crippen MR) is 59.1 cm³/mol. The Morgan fingerprint density at radius 2 is 2.07 bits per heavy atom. The van der Waals surface area contributed by atoms with Crippen LogP contribution in [-0.4, -0.2) is 11.5 Å². The molecule has 3 heteroatoms. The maximum atomic E-state index is 14.2. The summed E-state index contributed by atoms with van der Waals surface area (Å²) in [4.78, 5) is 0. The molecule has 1 unspecified atom stereocenters. The topological polar surface area (TPSA) is 26.0 Å². The van der Waals surface area contributed by atoms with Crippen LogP contribution in [-0.2, 0) is 12.2 Å². The van der Waals surface area contributed by atoms with E-state index >= 15 is 0 Å². The second-order valence-electron chi connectivity index (χ2n) is 3.67. The maximum Gasteiger partial charge on any atom is 0.145 e. The van der Waals surface area contributed by atoms with Crippen molar-refractivity contribution in [3.05, 3.63) is 35.4 Å². The van der Waals surface area contributed by atoms with Gasteiger partial charge in [-0.25, -0.2) is 4.39 Å². The van der Waals surface area contributed by atoms with E-state index in [0.717, 1.165) is 16.9 Å². The summed E-state index contributed by atoms with van der Waals surface area (Å²) in [6, 6.07) is 7.57. The molecule has 1 aromatic rings. The van der Waals surface area contributed by atoms with Gasteiger partial charge in [-0.1, -0.05) is 24.3 Å². The van der Waals surface area contributed by atoms with Gasteiger partial charge < -0.3 is 5.73 Å². The number of nitrogens with two attached hydrogens (primary N) is 1. The molecule has 1 aliphatic heterocycles. The van der Waals surface area contributed by atoms with Gasteiger partial charge in [0.15, 0.2) is 0 Å². The van der Waals surface area contributed by atoms with E-state index < -0.39 is 5.67 Å². The quantitative estimate of drug-likeness (QED) is 0.813. The van der Waals surface area contributed by atoms with Gasteiger partial charge >= 0.3 is 0 Å². The molecule has 2 rings (SSSR count). The first kappa shape index (κ1) is 9.99. The molecule has 0 saturated carbocycles. The van der Waals surface area contributed by atoms with Crippen LogP contribution in [0.25, 0.3) is 0 Å². The Bertz CT molecular complexity index is 304. The second kappa shape index (κ2) is 3.91. The van der Waals surface area contributed by atoms with Crippen molar-refractivity contribution in [2.24, 2.45) is 5.73 Å². The maximum absolute atomic E-state index is 14.2. The van der Waals surface area contributed by atoms with Gasteiger partial charge in [-0.15, -0.1) is 0 Å². The first-order chi connectivity index (χ1) is 6.74. The molecule has 1 nitrogen and oxygen atoms in total. The number of rotatable bonds is 2. The van der Waals surface area contributed by atoms with E-state index in [9.17, 15) is 4.39 Å². The summed E-state index contributed by atoms with van der Waals surface area (Å²) < 4.78 is 14.2. The normalized spacial score (nSPS) is 26.7. The minimum absolute atomic E-state index is 0.522. The highest BCUT2D eigenvalue weighted by Gasteiger charge is 2.35. The molecule has 2 N–H and O–H groups in total. The minimum atomic E-state index is -1.10. The van der Waals surface area contributed by atoms with Crippen molar-refractivity contribution < 1.29 is 4.39 Å². The Balaban J connectivity index is 2.23. The summed E-state index contributed by atoms with van der Waals surface area (Å²) in [6.45, 7) is 0.522.